The molecule has 1 N–H and O–H groups in total. The van der Waals surface area contributed by atoms with Crippen LogP contribution in [-0.2, 0) is 4.74 Å². The second kappa shape index (κ2) is 7.22. The molecule has 1 aromatic rings. The van der Waals surface area contributed by atoms with Gasteiger partial charge >= 0.3 is 0 Å². The second-order valence-electron chi connectivity index (χ2n) is 5.00. The van der Waals surface area contributed by atoms with E-state index in [1.54, 1.807) is 12.1 Å². The lowest BCUT2D eigenvalue weighted by molar-refractivity contribution is 0.00495. The van der Waals surface area contributed by atoms with Gasteiger partial charge in [0.15, 0.2) is 0 Å². The molecule has 0 aromatic heterocycles. The maximum Gasteiger partial charge on any atom is 0.129 e. The zero-order valence-electron chi connectivity index (χ0n) is 11.3. The molecule has 0 saturated carbocycles. The first kappa shape index (κ1) is 14.8. The highest BCUT2D eigenvalue weighted by Gasteiger charge is 2.22. The topological polar surface area (TPSA) is 21.3 Å². The third-order valence-corrected chi connectivity index (χ3v) is 3.80. The van der Waals surface area contributed by atoms with Crippen molar-refractivity contribution in [3.8, 4) is 0 Å². The summed E-state index contributed by atoms with van der Waals surface area (Å²) in [6.07, 6.45) is 4.45. The average molecular weight is 286 g/mol. The fraction of sp³-hybridized carbons (Fsp3) is 0.600. The number of rotatable bonds is 5. The van der Waals surface area contributed by atoms with Crippen LogP contribution in [-0.4, -0.2) is 19.3 Å². The Morgan fingerprint density at radius 3 is 2.95 bits per heavy atom. The highest BCUT2D eigenvalue weighted by Crippen LogP contribution is 2.27. The fourth-order valence-corrected chi connectivity index (χ4v) is 2.77. The molecule has 1 fully saturated rings. The molecule has 106 valence electrons. The summed E-state index contributed by atoms with van der Waals surface area (Å²) in [6.45, 7) is 3.66. The van der Waals surface area contributed by atoms with Crippen LogP contribution in [0.3, 0.4) is 0 Å². The van der Waals surface area contributed by atoms with E-state index in [9.17, 15) is 4.39 Å². The molecule has 0 bridgehead atoms. The van der Waals surface area contributed by atoms with Gasteiger partial charge in [-0.1, -0.05) is 24.6 Å². The summed E-state index contributed by atoms with van der Waals surface area (Å²) >= 11 is 5.81. The zero-order chi connectivity index (χ0) is 13.7. The quantitative estimate of drug-likeness (QED) is 0.880. The second-order valence-corrected chi connectivity index (χ2v) is 5.44. The van der Waals surface area contributed by atoms with Crippen LogP contribution in [0, 0.1) is 5.82 Å². The van der Waals surface area contributed by atoms with Crippen LogP contribution in [0.2, 0.25) is 5.02 Å². The third-order valence-electron chi connectivity index (χ3n) is 3.56. The van der Waals surface area contributed by atoms with Gasteiger partial charge in [-0.05, 0) is 44.4 Å². The molecule has 2 rings (SSSR count). The number of hydrogen-bond acceptors (Lipinski definition) is 2. The van der Waals surface area contributed by atoms with Crippen molar-refractivity contribution in [1.82, 2.24) is 5.32 Å². The Hall–Kier alpha value is -0.640. The Labute approximate surface area is 119 Å². The van der Waals surface area contributed by atoms with Crippen LogP contribution >= 0.6 is 11.6 Å². The summed E-state index contributed by atoms with van der Waals surface area (Å²) in [5.74, 6) is -0.241. The molecule has 1 aliphatic heterocycles. The summed E-state index contributed by atoms with van der Waals surface area (Å²) < 4.78 is 19.8. The number of nitrogens with one attached hydrogen (secondary N) is 1. The van der Waals surface area contributed by atoms with Crippen LogP contribution in [0.15, 0.2) is 18.2 Å². The van der Waals surface area contributed by atoms with E-state index in [4.69, 9.17) is 16.3 Å². The third kappa shape index (κ3) is 4.16. The van der Waals surface area contributed by atoms with Crippen LogP contribution in [0.1, 0.15) is 44.2 Å². The van der Waals surface area contributed by atoms with Crippen molar-refractivity contribution in [2.75, 3.05) is 13.2 Å². The van der Waals surface area contributed by atoms with E-state index in [1.807, 2.05) is 6.92 Å². The number of benzene rings is 1. The SMILES string of the molecule is CCNC(CC1CCCCO1)c1ccc(Cl)cc1F. The maximum absolute atomic E-state index is 14.0. The molecule has 19 heavy (non-hydrogen) atoms. The van der Waals surface area contributed by atoms with Crippen LogP contribution in [0.5, 0.6) is 0 Å². The van der Waals surface area contributed by atoms with Gasteiger partial charge in [0.2, 0.25) is 0 Å². The largest absolute Gasteiger partial charge is 0.378 e. The van der Waals surface area contributed by atoms with Gasteiger partial charge < -0.3 is 10.1 Å². The standard InChI is InChI=1S/C15H21ClFNO/c1-2-18-15(10-12-5-3-4-8-19-12)13-7-6-11(16)9-14(13)17/h6-7,9,12,15,18H,2-5,8,10H2,1H3. The minimum atomic E-state index is -0.241. The molecule has 4 heteroatoms. The van der Waals surface area contributed by atoms with E-state index in [0.717, 1.165) is 32.4 Å². The van der Waals surface area contributed by atoms with Crippen molar-refractivity contribution >= 4 is 11.6 Å². The molecule has 0 amide bonds. The van der Waals surface area contributed by atoms with Crippen molar-refractivity contribution in [2.24, 2.45) is 0 Å². The first-order valence-corrected chi connectivity index (χ1v) is 7.38. The van der Waals surface area contributed by atoms with Crippen LogP contribution in [0.4, 0.5) is 4.39 Å². The average Bonchev–Trinajstić information content (AvgIpc) is 2.39. The normalized spacial score (nSPS) is 21.3. The van der Waals surface area contributed by atoms with Gasteiger partial charge in [-0.15, -0.1) is 0 Å². The molecule has 2 unspecified atom stereocenters. The summed E-state index contributed by atoms with van der Waals surface area (Å²) in [5.41, 5.74) is 0.681. The van der Waals surface area contributed by atoms with Crippen molar-refractivity contribution in [3.05, 3.63) is 34.6 Å². The summed E-state index contributed by atoms with van der Waals surface area (Å²) in [4.78, 5) is 0. The monoisotopic (exact) mass is 285 g/mol. The van der Waals surface area contributed by atoms with Crippen LogP contribution in [0.25, 0.3) is 0 Å². The van der Waals surface area contributed by atoms with E-state index in [2.05, 4.69) is 5.32 Å². The van der Waals surface area contributed by atoms with E-state index < -0.39 is 0 Å². The van der Waals surface area contributed by atoms with Gasteiger partial charge in [-0.3, -0.25) is 0 Å². The fourth-order valence-electron chi connectivity index (χ4n) is 2.61. The number of halogens is 2. The highest BCUT2D eigenvalue weighted by molar-refractivity contribution is 6.30. The summed E-state index contributed by atoms with van der Waals surface area (Å²) in [6, 6.07) is 4.88. The van der Waals surface area contributed by atoms with E-state index in [-0.39, 0.29) is 18.0 Å². The number of hydrogen-bond donors (Lipinski definition) is 1. The van der Waals surface area contributed by atoms with E-state index in [0.29, 0.717) is 10.6 Å². The molecule has 1 aromatic carbocycles. The number of ether oxygens (including phenoxy) is 1. The molecule has 2 atom stereocenters. The van der Waals surface area contributed by atoms with Gasteiger partial charge in [0.25, 0.3) is 0 Å². The molecule has 1 aliphatic rings. The van der Waals surface area contributed by atoms with Gasteiger partial charge in [0, 0.05) is 23.2 Å². The Morgan fingerprint density at radius 2 is 2.32 bits per heavy atom. The zero-order valence-corrected chi connectivity index (χ0v) is 12.0. The molecular weight excluding hydrogens is 265 g/mol. The van der Waals surface area contributed by atoms with Crippen molar-refractivity contribution in [1.29, 1.82) is 0 Å². The van der Waals surface area contributed by atoms with Crippen molar-refractivity contribution in [3.63, 3.8) is 0 Å². The summed E-state index contributed by atoms with van der Waals surface area (Å²) in [5, 5.41) is 3.78. The summed E-state index contributed by atoms with van der Waals surface area (Å²) in [7, 11) is 0. The lowest BCUT2D eigenvalue weighted by Gasteiger charge is -2.28. The van der Waals surface area contributed by atoms with Crippen molar-refractivity contribution < 1.29 is 9.13 Å². The predicted molar refractivity (Wildman–Crippen MR) is 76.0 cm³/mol. The Kier molecular flexibility index (Phi) is 5.61. The van der Waals surface area contributed by atoms with E-state index >= 15 is 0 Å². The molecule has 1 saturated heterocycles. The van der Waals surface area contributed by atoms with Crippen molar-refractivity contribution in [2.45, 2.75) is 44.8 Å². The Morgan fingerprint density at radius 1 is 1.47 bits per heavy atom. The highest BCUT2D eigenvalue weighted by atomic mass is 35.5. The van der Waals surface area contributed by atoms with Gasteiger partial charge in [-0.2, -0.15) is 0 Å². The Balaban J connectivity index is 2.09. The first-order valence-electron chi connectivity index (χ1n) is 7.00. The maximum atomic E-state index is 14.0. The molecule has 0 radical (unpaired) electrons. The minimum Gasteiger partial charge on any atom is -0.378 e. The molecule has 2 nitrogen and oxygen atoms in total. The van der Waals surface area contributed by atoms with Gasteiger partial charge in [0.05, 0.1) is 6.10 Å². The molecule has 1 heterocycles. The van der Waals surface area contributed by atoms with Crippen LogP contribution < -0.4 is 5.32 Å². The lowest BCUT2D eigenvalue weighted by atomic mass is 9.96. The van der Waals surface area contributed by atoms with Gasteiger partial charge in [-0.25, -0.2) is 4.39 Å². The predicted octanol–water partition coefficient (Wildman–Crippen LogP) is 4.09. The van der Waals surface area contributed by atoms with E-state index in [1.165, 1.54) is 12.5 Å². The molecule has 0 aliphatic carbocycles. The molecular formula is C15H21ClFNO. The smallest absolute Gasteiger partial charge is 0.129 e. The first-order chi connectivity index (χ1) is 9.20. The Bertz CT molecular complexity index is 407. The van der Waals surface area contributed by atoms with Gasteiger partial charge in [0.1, 0.15) is 5.82 Å². The minimum absolute atomic E-state index is 0.00892. The lowest BCUT2D eigenvalue weighted by Crippen LogP contribution is -2.29. The molecule has 0 spiro atoms.